The summed E-state index contributed by atoms with van der Waals surface area (Å²) in [5.74, 6) is 1.27. The highest BCUT2D eigenvalue weighted by atomic mass is 16.5. The molecule has 0 fully saturated rings. The summed E-state index contributed by atoms with van der Waals surface area (Å²) in [6.45, 7) is 9.31. The summed E-state index contributed by atoms with van der Waals surface area (Å²) in [7, 11) is 0. The molecule has 0 spiro atoms. The highest BCUT2D eigenvalue weighted by Gasteiger charge is 2.14. The number of carbonyl (C=O) groups is 1. The van der Waals surface area contributed by atoms with Crippen molar-refractivity contribution >= 4 is 5.91 Å². The molecule has 0 bridgehead atoms. The van der Waals surface area contributed by atoms with E-state index in [1.807, 2.05) is 24.3 Å². The minimum atomic E-state index is -0.0510. The Morgan fingerprint density at radius 3 is 2.12 bits per heavy atom. The fourth-order valence-corrected chi connectivity index (χ4v) is 2.81. The van der Waals surface area contributed by atoms with E-state index < -0.39 is 0 Å². The van der Waals surface area contributed by atoms with Gasteiger partial charge < -0.3 is 10.1 Å². The van der Waals surface area contributed by atoms with Crippen molar-refractivity contribution in [3.63, 3.8) is 0 Å². The first-order valence-corrected chi connectivity index (χ1v) is 9.68. The van der Waals surface area contributed by atoms with E-state index in [1.165, 1.54) is 5.56 Å². The molecule has 1 amide bonds. The van der Waals surface area contributed by atoms with Crippen LogP contribution in [0.2, 0.25) is 0 Å². The van der Waals surface area contributed by atoms with E-state index in [1.54, 1.807) is 0 Å². The number of benzene rings is 2. The van der Waals surface area contributed by atoms with Crippen molar-refractivity contribution in [3.8, 4) is 5.75 Å². The Kier molecular flexibility index (Phi) is 7.71. The molecule has 1 atom stereocenters. The van der Waals surface area contributed by atoms with E-state index in [0.717, 1.165) is 30.6 Å². The zero-order valence-electron chi connectivity index (χ0n) is 16.4. The first kappa shape index (κ1) is 20.0. The number of ether oxygens (including phenoxy) is 1. The number of amides is 1. The van der Waals surface area contributed by atoms with Gasteiger partial charge >= 0.3 is 0 Å². The molecule has 0 aliphatic heterocycles. The van der Waals surface area contributed by atoms with Crippen LogP contribution in [0.25, 0.3) is 0 Å². The van der Waals surface area contributed by atoms with Crippen molar-refractivity contribution in [3.05, 3.63) is 65.2 Å². The number of hydrogen-bond acceptors (Lipinski definition) is 2. The molecule has 3 heteroatoms. The van der Waals surface area contributed by atoms with Gasteiger partial charge in [-0.05, 0) is 54.2 Å². The number of hydrogen-bond donors (Lipinski definition) is 1. The van der Waals surface area contributed by atoms with Gasteiger partial charge in [0.15, 0.2) is 0 Å². The smallest absolute Gasteiger partial charge is 0.251 e. The Morgan fingerprint density at radius 1 is 0.962 bits per heavy atom. The van der Waals surface area contributed by atoms with E-state index in [-0.39, 0.29) is 11.9 Å². The first-order chi connectivity index (χ1) is 12.5. The Morgan fingerprint density at radius 2 is 1.58 bits per heavy atom. The average Bonchev–Trinajstić information content (AvgIpc) is 2.66. The topological polar surface area (TPSA) is 38.3 Å². The molecule has 2 aromatic rings. The minimum Gasteiger partial charge on any atom is -0.494 e. The lowest BCUT2D eigenvalue weighted by atomic mass is 9.98. The standard InChI is InChI=1S/C23H31NO2/c1-5-7-16-26-21-14-12-20(13-15-21)23(25)24-22(6-2)19-10-8-18(9-11-19)17(3)4/h8-15,17,22H,5-7,16H2,1-4H3,(H,24,25). The molecule has 1 N–H and O–H groups in total. The number of rotatable bonds is 9. The SMILES string of the molecule is CCCCOc1ccc(C(=O)NC(CC)c2ccc(C(C)C)cc2)cc1. The third kappa shape index (κ3) is 5.62. The van der Waals surface area contributed by atoms with Crippen LogP contribution in [0.5, 0.6) is 5.75 Å². The molecule has 26 heavy (non-hydrogen) atoms. The third-order valence-corrected chi connectivity index (χ3v) is 4.60. The molecule has 0 aliphatic rings. The van der Waals surface area contributed by atoms with Crippen LogP contribution in [0.15, 0.2) is 48.5 Å². The van der Waals surface area contributed by atoms with Crippen LogP contribution in [0.1, 0.15) is 80.4 Å². The molecule has 0 heterocycles. The predicted octanol–water partition coefficient (Wildman–Crippen LogP) is 5.87. The van der Waals surface area contributed by atoms with E-state index in [0.29, 0.717) is 18.1 Å². The zero-order valence-corrected chi connectivity index (χ0v) is 16.4. The van der Waals surface area contributed by atoms with Gasteiger partial charge in [0.25, 0.3) is 5.91 Å². The molecule has 2 rings (SSSR count). The predicted molar refractivity (Wildman–Crippen MR) is 108 cm³/mol. The maximum absolute atomic E-state index is 12.6. The van der Waals surface area contributed by atoms with Crippen molar-refractivity contribution in [2.45, 2.75) is 58.9 Å². The van der Waals surface area contributed by atoms with Gasteiger partial charge in [0.2, 0.25) is 0 Å². The van der Waals surface area contributed by atoms with Crippen LogP contribution < -0.4 is 10.1 Å². The Balaban J connectivity index is 1.99. The highest BCUT2D eigenvalue weighted by molar-refractivity contribution is 5.94. The molecule has 3 nitrogen and oxygen atoms in total. The Bertz CT molecular complexity index is 674. The van der Waals surface area contributed by atoms with Gasteiger partial charge in [-0.15, -0.1) is 0 Å². The van der Waals surface area contributed by atoms with Gasteiger partial charge in [0, 0.05) is 5.56 Å². The summed E-state index contributed by atoms with van der Waals surface area (Å²) in [6.07, 6.45) is 3.00. The summed E-state index contributed by atoms with van der Waals surface area (Å²) >= 11 is 0. The fourth-order valence-electron chi connectivity index (χ4n) is 2.81. The van der Waals surface area contributed by atoms with E-state index in [2.05, 4.69) is 57.3 Å². The van der Waals surface area contributed by atoms with Crippen molar-refractivity contribution in [2.75, 3.05) is 6.61 Å². The van der Waals surface area contributed by atoms with Crippen LogP contribution >= 0.6 is 0 Å². The number of unbranched alkanes of at least 4 members (excludes halogenated alkanes) is 1. The molecule has 0 aromatic heterocycles. The summed E-state index contributed by atoms with van der Waals surface area (Å²) in [6, 6.07) is 15.9. The van der Waals surface area contributed by atoms with Gasteiger partial charge in [-0.2, -0.15) is 0 Å². The lowest BCUT2D eigenvalue weighted by Gasteiger charge is -2.18. The lowest BCUT2D eigenvalue weighted by Crippen LogP contribution is -2.28. The molecular weight excluding hydrogens is 322 g/mol. The van der Waals surface area contributed by atoms with Crippen LogP contribution in [0, 0.1) is 0 Å². The van der Waals surface area contributed by atoms with Gasteiger partial charge in [0.1, 0.15) is 5.75 Å². The minimum absolute atomic E-state index is 0.0178. The molecular formula is C23H31NO2. The molecule has 0 aliphatic carbocycles. The summed E-state index contributed by atoms with van der Waals surface area (Å²) in [5, 5.41) is 3.14. The van der Waals surface area contributed by atoms with Crippen molar-refractivity contribution in [1.82, 2.24) is 5.32 Å². The molecule has 0 saturated carbocycles. The van der Waals surface area contributed by atoms with Gasteiger partial charge in [0.05, 0.1) is 12.6 Å². The van der Waals surface area contributed by atoms with Crippen molar-refractivity contribution in [1.29, 1.82) is 0 Å². The maximum atomic E-state index is 12.6. The second-order valence-electron chi connectivity index (χ2n) is 6.98. The van der Waals surface area contributed by atoms with E-state index in [9.17, 15) is 4.79 Å². The molecule has 140 valence electrons. The zero-order chi connectivity index (χ0) is 18.9. The second kappa shape index (κ2) is 10.0. The summed E-state index contributed by atoms with van der Waals surface area (Å²) < 4.78 is 5.65. The normalized spacial score (nSPS) is 12.0. The van der Waals surface area contributed by atoms with Crippen LogP contribution in [0.4, 0.5) is 0 Å². The maximum Gasteiger partial charge on any atom is 0.251 e. The van der Waals surface area contributed by atoms with Crippen LogP contribution in [-0.2, 0) is 0 Å². The Labute approximate surface area is 157 Å². The second-order valence-corrected chi connectivity index (χ2v) is 6.98. The molecule has 1 unspecified atom stereocenters. The van der Waals surface area contributed by atoms with Crippen LogP contribution in [-0.4, -0.2) is 12.5 Å². The average molecular weight is 354 g/mol. The molecule has 2 aromatic carbocycles. The quantitative estimate of drug-likeness (QED) is 0.573. The molecule has 0 radical (unpaired) electrons. The third-order valence-electron chi connectivity index (χ3n) is 4.60. The largest absolute Gasteiger partial charge is 0.494 e. The molecule has 0 saturated heterocycles. The van der Waals surface area contributed by atoms with Crippen LogP contribution in [0.3, 0.4) is 0 Å². The van der Waals surface area contributed by atoms with Gasteiger partial charge in [-0.1, -0.05) is 58.4 Å². The van der Waals surface area contributed by atoms with Gasteiger partial charge in [-0.3, -0.25) is 4.79 Å². The Hall–Kier alpha value is -2.29. The lowest BCUT2D eigenvalue weighted by molar-refractivity contribution is 0.0935. The highest BCUT2D eigenvalue weighted by Crippen LogP contribution is 2.21. The summed E-state index contributed by atoms with van der Waals surface area (Å²) in [5.41, 5.74) is 3.11. The summed E-state index contributed by atoms with van der Waals surface area (Å²) in [4.78, 5) is 12.6. The fraction of sp³-hybridized carbons (Fsp3) is 0.435. The monoisotopic (exact) mass is 353 g/mol. The number of nitrogens with one attached hydrogen (secondary N) is 1. The van der Waals surface area contributed by atoms with E-state index in [4.69, 9.17) is 4.74 Å². The first-order valence-electron chi connectivity index (χ1n) is 9.68. The van der Waals surface area contributed by atoms with E-state index >= 15 is 0 Å². The van der Waals surface area contributed by atoms with Crippen molar-refractivity contribution in [2.24, 2.45) is 0 Å². The van der Waals surface area contributed by atoms with Gasteiger partial charge in [-0.25, -0.2) is 0 Å². The van der Waals surface area contributed by atoms with Crippen molar-refractivity contribution < 1.29 is 9.53 Å². The number of carbonyl (C=O) groups excluding carboxylic acids is 1.